The average molecular weight is 351 g/mol. The van der Waals surface area contributed by atoms with E-state index in [1.165, 1.54) is 5.56 Å². The summed E-state index contributed by atoms with van der Waals surface area (Å²) in [5, 5.41) is 0. The maximum Gasteiger partial charge on any atom is 0.240 e. The SMILES string of the molecule is Cc1ccc(Oc2nc(NN)ncc2Br)c(C(C)(C)C)c1. The van der Waals surface area contributed by atoms with Gasteiger partial charge in [0.2, 0.25) is 11.8 Å². The van der Waals surface area contributed by atoms with Crippen molar-refractivity contribution in [2.24, 2.45) is 5.84 Å². The van der Waals surface area contributed by atoms with E-state index in [1.54, 1.807) is 6.20 Å². The molecule has 1 aromatic heterocycles. The third kappa shape index (κ3) is 3.71. The molecule has 0 aliphatic carbocycles. The summed E-state index contributed by atoms with van der Waals surface area (Å²) in [6.07, 6.45) is 1.60. The van der Waals surface area contributed by atoms with Crippen LogP contribution < -0.4 is 16.0 Å². The van der Waals surface area contributed by atoms with E-state index in [4.69, 9.17) is 10.6 Å². The van der Waals surface area contributed by atoms with Gasteiger partial charge in [-0.1, -0.05) is 38.5 Å². The third-order valence-electron chi connectivity index (χ3n) is 2.99. The molecule has 6 heteroatoms. The molecule has 2 rings (SSSR count). The van der Waals surface area contributed by atoms with Gasteiger partial charge in [0.25, 0.3) is 0 Å². The number of hydrazine groups is 1. The van der Waals surface area contributed by atoms with Crippen LogP contribution >= 0.6 is 15.9 Å². The lowest BCUT2D eigenvalue weighted by Crippen LogP contribution is -2.14. The van der Waals surface area contributed by atoms with E-state index in [1.807, 2.05) is 12.1 Å². The van der Waals surface area contributed by atoms with E-state index in [-0.39, 0.29) is 5.41 Å². The van der Waals surface area contributed by atoms with Crippen LogP contribution in [0.25, 0.3) is 0 Å². The van der Waals surface area contributed by atoms with Gasteiger partial charge < -0.3 is 4.74 Å². The number of nitrogen functional groups attached to an aromatic ring is 1. The molecule has 0 radical (unpaired) electrons. The van der Waals surface area contributed by atoms with E-state index >= 15 is 0 Å². The summed E-state index contributed by atoms with van der Waals surface area (Å²) in [5.74, 6) is 6.84. The normalized spacial score (nSPS) is 11.3. The number of nitrogens with zero attached hydrogens (tertiary/aromatic N) is 2. The summed E-state index contributed by atoms with van der Waals surface area (Å²) in [7, 11) is 0. The maximum atomic E-state index is 5.97. The van der Waals surface area contributed by atoms with Crippen LogP contribution in [0.4, 0.5) is 5.95 Å². The van der Waals surface area contributed by atoms with Crippen molar-refractivity contribution in [1.29, 1.82) is 0 Å². The molecule has 0 amide bonds. The van der Waals surface area contributed by atoms with Gasteiger partial charge in [0, 0.05) is 5.56 Å². The zero-order valence-corrected chi connectivity index (χ0v) is 14.2. The lowest BCUT2D eigenvalue weighted by molar-refractivity contribution is 0.436. The molecule has 0 saturated carbocycles. The van der Waals surface area contributed by atoms with Gasteiger partial charge in [0.1, 0.15) is 5.75 Å². The number of ether oxygens (including phenoxy) is 1. The minimum Gasteiger partial charge on any atom is -0.437 e. The largest absolute Gasteiger partial charge is 0.437 e. The van der Waals surface area contributed by atoms with Crippen LogP contribution in [0.1, 0.15) is 31.9 Å². The number of nitrogens with one attached hydrogen (secondary N) is 1. The Morgan fingerprint density at radius 2 is 2.00 bits per heavy atom. The summed E-state index contributed by atoms with van der Waals surface area (Å²) in [5.41, 5.74) is 4.69. The molecule has 0 fully saturated rings. The molecule has 0 aliphatic heterocycles. The Morgan fingerprint density at radius 1 is 1.29 bits per heavy atom. The molecule has 1 aromatic carbocycles. The van der Waals surface area contributed by atoms with Crippen molar-refractivity contribution >= 4 is 21.9 Å². The van der Waals surface area contributed by atoms with Crippen LogP contribution in [0.3, 0.4) is 0 Å². The van der Waals surface area contributed by atoms with Crippen molar-refractivity contribution in [2.45, 2.75) is 33.1 Å². The Hall–Kier alpha value is -1.66. The summed E-state index contributed by atoms with van der Waals surface area (Å²) in [6, 6.07) is 6.11. The molecule has 112 valence electrons. The number of hydrogen-bond donors (Lipinski definition) is 2. The van der Waals surface area contributed by atoms with Crippen LogP contribution in [0.2, 0.25) is 0 Å². The second-order valence-electron chi connectivity index (χ2n) is 5.84. The van der Waals surface area contributed by atoms with Crippen LogP contribution in [-0.2, 0) is 5.41 Å². The van der Waals surface area contributed by atoms with Gasteiger partial charge in [0.15, 0.2) is 0 Å². The molecule has 0 unspecified atom stereocenters. The molecule has 0 spiro atoms. The van der Waals surface area contributed by atoms with Crippen molar-refractivity contribution in [3.05, 3.63) is 40.0 Å². The predicted molar refractivity (Wildman–Crippen MR) is 87.5 cm³/mol. The quantitative estimate of drug-likeness (QED) is 0.648. The molecule has 0 bridgehead atoms. The van der Waals surface area contributed by atoms with E-state index < -0.39 is 0 Å². The van der Waals surface area contributed by atoms with Gasteiger partial charge in [-0.2, -0.15) is 4.98 Å². The van der Waals surface area contributed by atoms with Crippen LogP contribution in [0.15, 0.2) is 28.9 Å². The summed E-state index contributed by atoms with van der Waals surface area (Å²) in [4.78, 5) is 8.23. The fourth-order valence-corrected chi connectivity index (χ4v) is 2.19. The fraction of sp³-hybridized carbons (Fsp3) is 0.333. The Kier molecular flexibility index (Phi) is 4.49. The first-order valence-corrected chi connectivity index (χ1v) is 7.38. The lowest BCUT2D eigenvalue weighted by Gasteiger charge is -2.23. The second-order valence-corrected chi connectivity index (χ2v) is 6.70. The van der Waals surface area contributed by atoms with Gasteiger partial charge in [0.05, 0.1) is 10.7 Å². The van der Waals surface area contributed by atoms with Crippen LogP contribution in [-0.4, -0.2) is 9.97 Å². The maximum absolute atomic E-state index is 5.97. The van der Waals surface area contributed by atoms with Gasteiger partial charge in [-0.25, -0.2) is 10.8 Å². The number of benzene rings is 1. The molecule has 2 aromatic rings. The smallest absolute Gasteiger partial charge is 0.240 e. The van der Waals surface area contributed by atoms with Gasteiger partial charge in [-0.3, -0.25) is 5.43 Å². The monoisotopic (exact) mass is 350 g/mol. The lowest BCUT2D eigenvalue weighted by atomic mass is 9.85. The summed E-state index contributed by atoms with van der Waals surface area (Å²) >= 11 is 3.39. The van der Waals surface area contributed by atoms with E-state index in [2.05, 4.69) is 65.1 Å². The van der Waals surface area contributed by atoms with Gasteiger partial charge >= 0.3 is 0 Å². The molecule has 1 heterocycles. The Labute approximate surface area is 133 Å². The molecule has 0 saturated heterocycles. The first kappa shape index (κ1) is 15.7. The van der Waals surface area contributed by atoms with Crippen LogP contribution in [0, 0.1) is 6.92 Å². The highest BCUT2D eigenvalue weighted by Crippen LogP contribution is 2.36. The summed E-state index contributed by atoms with van der Waals surface area (Å²) < 4.78 is 6.64. The summed E-state index contributed by atoms with van der Waals surface area (Å²) in [6.45, 7) is 8.51. The number of halogens is 1. The molecular formula is C15H19BrN4O. The fourth-order valence-electron chi connectivity index (χ4n) is 1.92. The molecule has 21 heavy (non-hydrogen) atoms. The van der Waals surface area contributed by atoms with Crippen LogP contribution in [0.5, 0.6) is 11.6 Å². The molecule has 5 nitrogen and oxygen atoms in total. The van der Waals surface area contributed by atoms with E-state index in [0.717, 1.165) is 11.3 Å². The standard InChI is InChI=1S/C15H19BrN4O/c1-9-5-6-12(10(7-9)15(2,3)4)21-13-11(16)8-18-14(19-13)20-17/h5-8H,17H2,1-4H3,(H,18,19,20). The number of aromatic nitrogens is 2. The first-order chi connectivity index (χ1) is 9.81. The zero-order chi connectivity index (χ0) is 15.6. The van der Waals surface area contributed by atoms with Crippen molar-refractivity contribution in [3.8, 4) is 11.6 Å². The van der Waals surface area contributed by atoms with E-state index in [0.29, 0.717) is 16.3 Å². The van der Waals surface area contributed by atoms with Crippen molar-refractivity contribution in [1.82, 2.24) is 9.97 Å². The Morgan fingerprint density at radius 3 is 2.62 bits per heavy atom. The average Bonchev–Trinajstić information content (AvgIpc) is 2.42. The minimum absolute atomic E-state index is 0.0319. The molecule has 3 N–H and O–H groups in total. The minimum atomic E-state index is -0.0319. The number of hydrogen-bond acceptors (Lipinski definition) is 5. The molecule has 0 aliphatic rings. The van der Waals surface area contributed by atoms with Gasteiger partial charge in [-0.05, 0) is 34.3 Å². The Balaban J connectivity index is 2.45. The second kappa shape index (κ2) is 5.99. The number of nitrogens with two attached hydrogens (primary N) is 1. The third-order valence-corrected chi connectivity index (χ3v) is 3.53. The highest BCUT2D eigenvalue weighted by molar-refractivity contribution is 9.10. The highest BCUT2D eigenvalue weighted by atomic mass is 79.9. The molecule has 0 atom stereocenters. The van der Waals surface area contributed by atoms with Crippen molar-refractivity contribution in [2.75, 3.05) is 5.43 Å². The number of anilines is 1. The van der Waals surface area contributed by atoms with Crippen molar-refractivity contribution in [3.63, 3.8) is 0 Å². The number of rotatable bonds is 3. The van der Waals surface area contributed by atoms with Gasteiger partial charge in [-0.15, -0.1) is 0 Å². The number of aryl methyl sites for hydroxylation is 1. The van der Waals surface area contributed by atoms with Crippen molar-refractivity contribution < 1.29 is 4.74 Å². The Bertz CT molecular complexity index is 653. The zero-order valence-electron chi connectivity index (χ0n) is 12.6. The first-order valence-electron chi connectivity index (χ1n) is 6.59. The van der Waals surface area contributed by atoms with E-state index in [9.17, 15) is 0 Å². The molecular weight excluding hydrogens is 332 g/mol. The highest BCUT2D eigenvalue weighted by Gasteiger charge is 2.20. The predicted octanol–water partition coefficient (Wildman–Crippen LogP) is 3.92. The topological polar surface area (TPSA) is 73.1 Å².